The zero-order chi connectivity index (χ0) is 17.6. The molecular formula is C25H19N. The van der Waals surface area contributed by atoms with Gasteiger partial charge < -0.3 is 0 Å². The van der Waals surface area contributed by atoms with E-state index in [9.17, 15) is 0 Å². The summed E-state index contributed by atoms with van der Waals surface area (Å²) < 4.78 is 0. The Morgan fingerprint density at radius 3 is 1.73 bits per heavy atom. The monoisotopic (exact) mass is 333 g/mol. The summed E-state index contributed by atoms with van der Waals surface area (Å²) in [6.45, 7) is 0. The summed E-state index contributed by atoms with van der Waals surface area (Å²) in [5, 5.41) is 0. The van der Waals surface area contributed by atoms with Gasteiger partial charge in [0.2, 0.25) is 0 Å². The third kappa shape index (κ3) is 3.62. The van der Waals surface area contributed by atoms with Crippen molar-refractivity contribution < 1.29 is 0 Å². The highest BCUT2D eigenvalue weighted by molar-refractivity contribution is 5.80. The zero-order valence-corrected chi connectivity index (χ0v) is 14.4. The molecule has 0 radical (unpaired) electrons. The van der Waals surface area contributed by atoms with Gasteiger partial charge in [-0.1, -0.05) is 109 Å². The number of hydrogen-bond acceptors (Lipinski definition) is 1. The van der Waals surface area contributed by atoms with E-state index in [1.807, 2.05) is 30.3 Å². The fourth-order valence-electron chi connectivity index (χ4n) is 2.95. The summed E-state index contributed by atoms with van der Waals surface area (Å²) in [5.74, 6) is 0. The van der Waals surface area contributed by atoms with Crippen LogP contribution in [0.5, 0.6) is 0 Å². The first kappa shape index (κ1) is 16.0. The summed E-state index contributed by atoms with van der Waals surface area (Å²) in [6, 6.07) is 35.2. The predicted octanol–water partition coefficient (Wildman–Crippen LogP) is 6.59. The van der Waals surface area contributed by atoms with E-state index in [1.165, 1.54) is 5.56 Å². The molecule has 0 spiro atoms. The molecule has 4 rings (SSSR count). The van der Waals surface area contributed by atoms with Crippen molar-refractivity contribution in [2.45, 2.75) is 0 Å². The zero-order valence-electron chi connectivity index (χ0n) is 14.4. The Hall–Kier alpha value is -3.45. The average Bonchev–Trinajstić information content (AvgIpc) is 2.74. The molecule has 0 saturated carbocycles. The lowest BCUT2D eigenvalue weighted by atomic mass is 10.0. The van der Waals surface area contributed by atoms with Crippen LogP contribution in [0.1, 0.15) is 11.1 Å². The SMILES string of the molecule is C(=C\c1ccc(-c2ccccc2)nc1-c1ccccc1)/c1ccccc1. The fraction of sp³-hybridized carbons (Fsp3) is 0. The Labute approximate surface area is 154 Å². The molecule has 1 heterocycles. The van der Waals surface area contributed by atoms with Crippen molar-refractivity contribution in [3.05, 3.63) is 114 Å². The smallest absolute Gasteiger partial charge is 0.0781 e. The van der Waals surface area contributed by atoms with Gasteiger partial charge in [-0.2, -0.15) is 0 Å². The number of pyridine rings is 1. The first-order valence-electron chi connectivity index (χ1n) is 8.75. The topological polar surface area (TPSA) is 12.9 Å². The van der Waals surface area contributed by atoms with Gasteiger partial charge in [0.1, 0.15) is 0 Å². The standard InChI is InChI=1S/C25H19N/c1-4-10-20(11-5-1)16-17-23-18-19-24(21-12-6-2-7-13-21)26-25(23)22-14-8-3-9-15-22/h1-19H/b17-16+. The van der Waals surface area contributed by atoms with E-state index in [0.29, 0.717) is 0 Å². The van der Waals surface area contributed by atoms with Gasteiger partial charge in [-0.15, -0.1) is 0 Å². The molecule has 0 aliphatic heterocycles. The molecule has 0 aliphatic carbocycles. The molecule has 1 aromatic heterocycles. The highest BCUT2D eigenvalue weighted by Gasteiger charge is 2.07. The average molecular weight is 333 g/mol. The van der Waals surface area contributed by atoms with Gasteiger partial charge in [0.25, 0.3) is 0 Å². The second-order valence-corrected chi connectivity index (χ2v) is 6.11. The highest BCUT2D eigenvalue weighted by atomic mass is 14.7. The summed E-state index contributed by atoms with van der Waals surface area (Å²) in [5.41, 5.74) is 6.53. The van der Waals surface area contributed by atoms with Crippen LogP contribution in [0.4, 0.5) is 0 Å². The molecule has 0 bridgehead atoms. The van der Waals surface area contributed by atoms with Crippen LogP contribution in [0, 0.1) is 0 Å². The lowest BCUT2D eigenvalue weighted by Crippen LogP contribution is -1.92. The molecular weight excluding hydrogens is 314 g/mol. The van der Waals surface area contributed by atoms with Crippen LogP contribution in [0.15, 0.2) is 103 Å². The number of hydrogen-bond donors (Lipinski definition) is 0. The number of rotatable bonds is 4. The molecule has 1 heteroatoms. The molecule has 4 aromatic rings. The summed E-state index contributed by atoms with van der Waals surface area (Å²) in [6.07, 6.45) is 4.27. The van der Waals surface area contributed by atoms with Crippen molar-refractivity contribution in [2.75, 3.05) is 0 Å². The minimum Gasteiger partial charge on any atom is -0.247 e. The second-order valence-electron chi connectivity index (χ2n) is 6.11. The van der Waals surface area contributed by atoms with Gasteiger partial charge >= 0.3 is 0 Å². The third-order valence-corrected chi connectivity index (χ3v) is 4.30. The van der Waals surface area contributed by atoms with Crippen LogP contribution in [-0.2, 0) is 0 Å². The normalized spacial score (nSPS) is 10.9. The van der Waals surface area contributed by atoms with Crippen molar-refractivity contribution in [2.24, 2.45) is 0 Å². The van der Waals surface area contributed by atoms with Gasteiger partial charge in [0.05, 0.1) is 11.4 Å². The summed E-state index contributed by atoms with van der Waals surface area (Å²) >= 11 is 0. The Bertz CT molecular complexity index is 1000. The molecule has 0 fully saturated rings. The first-order chi connectivity index (χ1) is 12.9. The quantitative estimate of drug-likeness (QED) is 0.411. The van der Waals surface area contributed by atoms with E-state index in [0.717, 1.165) is 28.1 Å². The van der Waals surface area contributed by atoms with E-state index in [1.54, 1.807) is 0 Å². The lowest BCUT2D eigenvalue weighted by Gasteiger charge is -2.09. The molecule has 0 N–H and O–H groups in total. The van der Waals surface area contributed by atoms with Gasteiger partial charge in [0, 0.05) is 16.7 Å². The van der Waals surface area contributed by atoms with E-state index in [4.69, 9.17) is 4.98 Å². The van der Waals surface area contributed by atoms with E-state index in [-0.39, 0.29) is 0 Å². The molecule has 124 valence electrons. The maximum atomic E-state index is 4.97. The van der Waals surface area contributed by atoms with Gasteiger partial charge in [-0.05, 0) is 11.6 Å². The van der Waals surface area contributed by atoms with E-state index < -0.39 is 0 Å². The summed E-state index contributed by atoms with van der Waals surface area (Å²) in [7, 11) is 0. The third-order valence-electron chi connectivity index (χ3n) is 4.30. The van der Waals surface area contributed by atoms with Crippen molar-refractivity contribution >= 4 is 12.2 Å². The molecule has 26 heavy (non-hydrogen) atoms. The minimum atomic E-state index is 0.987. The Kier molecular flexibility index (Phi) is 4.70. The highest BCUT2D eigenvalue weighted by Crippen LogP contribution is 2.27. The van der Waals surface area contributed by atoms with Gasteiger partial charge in [0.15, 0.2) is 0 Å². The number of aromatic nitrogens is 1. The van der Waals surface area contributed by atoms with E-state index >= 15 is 0 Å². The second kappa shape index (κ2) is 7.62. The Morgan fingerprint density at radius 2 is 1.08 bits per heavy atom. The van der Waals surface area contributed by atoms with Crippen LogP contribution in [0.25, 0.3) is 34.7 Å². The van der Waals surface area contributed by atoms with E-state index in [2.05, 4.69) is 84.9 Å². The molecule has 0 saturated heterocycles. The summed E-state index contributed by atoms with van der Waals surface area (Å²) in [4.78, 5) is 4.97. The maximum Gasteiger partial charge on any atom is 0.0781 e. The number of nitrogens with zero attached hydrogens (tertiary/aromatic N) is 1. The molecule has 0 amide bonds. The largest absolute Gasteiger partial charge is 0.247 e. The molecule has 0 unspecified atom stereocenters. The fourth-order valence-corrected chi connectivity index (χ4v) is 2.95. The van der Waals surface area contributed by atoms with Crippen molar-refractivity contribution in [1.29, 1.82) is 0 Å². The Morgan fingerprint density at radius 1 is 0.500 bits per heavy atom. The lowest BCUT2D eigenvalue weighted by molar-refractivity contribution is 1.31. The van der Waals surface area contributed by atoms with Crippen molar-refractivity contribution in [3.63, 3.8) is 0 Å². The van der Waals surface area contributed by atoms with Gasteiger partial charge in [-0.25, -0.2) is 4.98 Å². The van der Waals surface area contributed by atoms with Crippen LogP contribution in [0.3, 0.4) is 0 Å². The molecule has 0 atom stereocenters. The maximum absolute atomic E-state index is 4.97. The number of benzene rings is 3. The van der Waals surface area contributed by atoms with Crippen LogP contribution in [-0.4, -0.2) is 4.98 Å². The van der Waals surface area contributed by atoms with Crippen molar-refractivity contribution in [1.82, 2.24) is 4.98 Å². The molecule has 0 aliphatic rings. The van der Waals surface area contributed by atoms with Crippen molar-refractivity contribution in [3.8, 4) is 22.5 Å². The minimum absolute atomic E-state index is 0.987. The van der Waals surface area contributed by atoms with Crippen LogP contribution < -0.4 is 0 Å². The predicted molar refractivity (Wildman–Crippen MR) is 110 cm³/mol. The van der Waals surface area contributed by atoms with Crippen LogP contribution in [0.2, 0.25) is 0 Å². The van der Waals surface area contributed by atoms with Crippen LogP contribution >= 0.6 is 0 Å². The molecule has 1 nitrogen and oxygen atoms in total. The Balaban J connectivity index is 1.79. The molecule has 3 aromatic carbocycles. The first-order valence-corrected chi connectivity index (χ1v) is 8.75. The van der Waals surface area contributed by atoms with Gasteiger partial charge in [-0.3, -0.25) is 0 Å².